The number of rotatable bonds is 6. The van der Waals surface area contributed by atoms with Crippen molar-refractivity contribution in [3.8, 4) is 5.75 Å². The van der Waals surface area contributed by atoms with Gasteiger partial charge in [-0.25, -0.2) is 0 Å². The predicted molar refractivity (Wildman–Crippen MR) is 93.3 cm³/mol. The first-order chi connectivity index (χ1) is 12.1. The van der Waals surface area contributed by atoms with E-state index in [0.717, 1.165) is 28.3 Å². The van der Waals surface area contributed by atoms with Crippen molar-refractivity contribution in [2.24, 2.45) is 0 Å². The molecule has 0 bridgehead atoms. The second-order valence-electron chi connectivity index (χ2n) is 5.70. The molecule has 6 heteroatoms. The number of anilines is 1. The summed E-state index contributed by atoms with van der Waals surface area (Å²) in [6.45, 7) is 4.16. The number of pyridine rings is 1. The van der Waals surface area contributed by atoms with E-state index in [1.165, 1.54) is 0 Å². The summed E-state index contributed by atoms with van der Waals surface area (Å²) in [6, 6.07) is 11.0. The molecular formula is C19H19N3O3. The molecule has 0 aliphatic heterocycles. The summed E-state index contributed by atoms with van der Waals surface area (Å²) in [5.41, 5.74) is 3.39. The molecule has 0 radical (unpaired) electrons. The highest BCUT2D eigenvalue weighted by molar-refractivity contribution is 5.92. The van der Waals surface area contributed by atoms with E-state index in [9.17, 15) is 4.79 Å². The number of amides is 1. The van der Waals surface area contributed by atoms with Gasteiger partial charge in [-0.15, -0.1) is 0 Å². The first kappa shape index (κ1) is 16.7. The second-order valence-corrected chi connectivity index (χ2v) is 5.70. The molecule has 6 nitrogen and oxygen atoms in total. The van der Waals surface area contributed by atoms with Crippen LogP contribution in [0.2, 0.25) is 0 Å². The summed E-state index contributed by atoms with van der Waals surface area (Å²) in [4.78, 5) is 16.0. The second kappa shape index (κ2) is 7.61. The minimum absolute atomic E-state index is 0.0858. The van der Waals surface area contributed by atoms with Crippen LogP contribution in [-0.2, 0) is 17.8 Å². The molecule has 0 saturated heterocycles. The van der Waals surface area contributed by atoms with Gasteiger partial charge in [-0.05, 0) is 43.7 Å². The monoisotopic (exact) mass is 337 g/mol. The molecule has 128 valence electrons. The Bertz CT molecular complexity index is 823. The molecule has 25 heavy (non-hydrogen) atoms. The number of benzene rings is 1. The molecular weight excluding hydrogens is 318 g/mol. The normalized spacial score (nSPS) is 10.5. The minimum Gasteiger partial charge on any atom is -0.489 e. The van der Waals surface area contributed by atoms with Crippen molar-refractivity contribution in [1.29, 1.82) is 0 Å². The molecule has 0 aliphatic rings. The largest absolute Gasteiger partial charge is 0.489 e. The molecule has 1 aromatic carbocycles. The average Bonchev–Trinajstić information content (AvgIpc) is 2.93. The Labute approximate surface area is 145 Å². The summed E-state index contributed by atoms with van der Waals surface area (Å²) < 4.78 is 10.9. The van der Waals surface area contributed by atoms with Gasteiger partial charge in [-0.1, -0.05) is 17.3 Å². The predicted octanol–water partition coefficient (Wildman–Crippen LogP) is 3.45. The van der Waals surface area contributed by atoms with Crippen molar-refractivity contribution in [3.05, 3.63) is 71.4 Å². The SMILES string of the molecule is Cc1noc(C)c1COc1ccc(CC(=O)Nc2cccnc2)cc1. The van der Waals surface area contributed by atoms with E-state index in [4.69, 9.17) is 9.26 Å². The maximum atomic E-state index is 12.0. The van der Waals surface area contributed by atoms with Crippen LogP contribution in [-0.4, -0.2) is 16.0 Å². The van der Waals surface area contributed by atoms with E-state index in [1.54, 1.807) is 24.5 Å². The summed E-state index contributed by atoms with van der Waals surface area (Å²) in [5.74, 6) is 1.41. The van der Waals surface area contributed by atoms with Gasteiger partial charge < -0.3 is 14.6 Å². The van der Waals surface area contributed by atoms with Crippen molar-refractivity contribution in [3.63, 3.8) is 0 Å². The Kier molecular flexibility index (Phi) is 5.09. The third kappa shape index (κ3) is 4.44. The molecule has 0 aliphatic carbocycles. The molecule has 0 fully saturated rings. The third-order valence-corrected chi connectivity index (χ3v) is 3.80. The van der Waals surface area contributed by atoms with Crippen LogP contribution in [0.25, 0.3) is 0 Å². The maximum absolute atomic E-state index is 12.0. The van der Waals surface area contributed by atoms with Gasteiger partial charge >= 0.3 is 0 Å². The lowest BCUT2D eigenvalue weighted by atomic mass is 10.1. The summed E-state index contributed by atoms with van der Waals surface area (Å²) >= 11 is 0. The smallest absolute Gasteiger partial charge is 0.228 e. The lowest BCUT2D eigenvalue weighted by Gasteiger charge is -2.08. The standard InChI is InChI=1S/C19H19N3O3/c1-13-18(14(2)25-22-13)12-24-17-7-5-15(6-8-17)10-19(23)21-16-4-3-9-20-11-16/h3-9,11H,10,12H2,1-2H3,(H,21,23). The van der Waals surface area contributed by atoms with Crippen LogP contribution < -0.4 is 10.1 Å². The molecule has 2 heterocycles. The number of nitrogens with one attached hydrogen (secondary N) is 1. The molecule has 3 aromatic rings. The van der Waals surface area contributed by atoms with Gasteiger partial charge in [-0.2, -0.15) is 0 Å². The number of aromatic nitrogens is 2. The molecule has 0 atom stereocenters. The van der Waals surface area contributed by atoms with Gasteiger partial charge in [0.05, 0.1) is 29.6 Å². The minimum atomic E-state index is -0.0858. The topological polar surface area (TPSA) is 77.2 Å². The van der Waals surface area contributed by atoms with Gasteiger partial charge in [0.25, 0.3) is 0 Å². The van der Waals surface area contributed by atoms with Crippen molar-refractivity contribution in [1.82, 2.24) is 10.1 Å². The quantitative estimate of drug-likeness (QED) is 0.745. The lowest BCUT2D eigenvalue weighted by molar-refractivity contribution is -0.115. The molecule has 2 aromatic heterocycles. The highest BCUT2D eigenvalue weighted by Crippen LogP contribution is 2.18. The number of hydrogen-bond donors (Lipinski definition) is 1. The van der Waals surface area contributed by atoms with E-state index < -0.39 is 0 Å². The zero-order valence-corrected chi connectivity index (χ0v) is 14.2. The molecule has 1 N–H and O–H groups in total. The van der Waals surface area contributed by atoms with Gasteiger partial charge in [0.1, 0.15) is 18.1 Å². The fraction of sp³-hybridized carbons (Fsp3) is 0.211. The summed E-state index contributed by atoms with van der Waals surface area (Å²) in [5, 5.41) is 6.72. The highest BCUT2D eigenvalue weighted by Gasteiger charge is 2.10. The van der Waals surface area contributed by atoms with Crippen LogP contribution in [0.1, 0.15) is 22.6 Å². The van der Waals surface area contributed by atoms with Gasteiger partial charge in [0, 0.05) is 6.20 Å². The van der Waals surface area contributed by atoms with E-state index >= 15 is 0 Å². The molecule has 1 amide bonds. The number of carbonyl (C=O) groups excluding carboxylic acids is 1. The van der Waals surface area contributed by atoms with E-state index in [0.29, 0.717) is 18.7 Å². The number of ether oxygens (including phenoxy) is 1. The van der Waals surface area contributed by atoms with E-state index in [2.05, 4.69) is 15.5 Å². The van der Waals surface area contributed by atoms with E-state index in [1.807, 2.05) is 38.1 Å². The zero-order chi connectivity index (χ0) is 17.6. The third-order valence-electron chi connectivity index (χ3n) is 3.80. The Balaban J connectivity index is 1.54. The van der Waals surface area contributed by atoms with Crippen LogP contribution in [0.3, 0.4) is 0 Å². The first-order valence-electron chi connectivity index (χ1n) is 7.95. The van der Waals surface area contributed by atoms with E-state index in [-0.39, 0.29) is 5.91 Å². The summed E-state index contributed by atoms with van der Waals surface area (Å²) in [7, 11) is 0. The molecule has 0 spiro atoms. The molecule has 3 rings (SSSR count). The van der Waals surface area contributed by atoms with Crippen molar-refractivity contribution >= 4 is 11.6 Å². The number of hydrogen-bond acceptors (Lipinski definition) is 5. The van der Waals surface area contributed by atoms with Crippen molar-refractivity contribution < 1.29 is 14.1 Å². The highest BCUT2D eigenvalue weighted by atomic mass is 16.5. The van der Waals surface area contributed by atoms with Gasteiger partial charge in [0.2, 0.25) is 5.91 Å². The van der Waals surface area contributed by atoms with Crippen LogP contribution in [0.5, 0.6) is 5.75 Å². The van der Waals surface area contributed by atoms with Crippen molar-refractivity contribution in [2.45, 2.75) is 26.9 Å². The van der Waals surface area contributed by atoms with Crippen LogP contribution in [0.4, 0.5) is 5.69 Å². The Morgan fingerprint density at radius 3 is 2.64 bits per heavy atom. The molecule has 0 saturated carbocycles. The number of aryl methyl sites for hydroxylation is 2. The van der Waals surface area contributed by atoms with Crippen LogP contribution in [0, 0.1) is 13.8 Å². The summed E-state index contributed by atoms with van der Waals surface area (Å²) in [6.07, 6.45) is 3.57. The zero-order valence-electron chi connectivity index (χ0n) is 14.2. The van der Waals surface area contributed by atoms with Crippen LogP contribution >= 0.6 is 0 Å². The molecule has 0 unspecified atom stereocenters. The first-order valence-corrected chi connectivity index (χ1v) is 7.95. The Morgan fingerprint density at radius 2 is 2.00 bits per heavy atom. The fourth-order valence-electron chi connectivity index (χ4n) is 2.39. The number of nitrogens with zero attached hydrogens (tertiary/aromatic N) is 2. The van der Waals surface area contributed by atoms with Gasteiger partial charge in [0.15, 0.2) is 0 Å². The average molecular weight is 337 g/mol. The van der Waals surface area contributed by atoms with Gasteiger partial charge in [-0.3, -0.25) is 9.78 Å². The maximum Gasteiger partial charge on any atom is 0.228 e. The van der Waals surface area contributed by atoms with Crippen LogP contribution in [0.15, 0.2) is 53.3 Å². The van der Waals surface area contributed by atoms with Crippen molar-refractivity contribution in [2.75, 3.05) is 5.32 Å². The fourth-order valence-corrected chi connectivity index (χ4v) is 2.39. The number of carbonyl (C=O) groups is 1. The lowest BCUT2D eigenvalue weighted by Crippen LogP contribution is -2.14. The Morgan fingerprint density at radius 1 is 1.20 bits per heavy atom. The Hall–Kier alpha value is -3.15.